The summed E-state index contributed by atoms with van der Waals surface area (Å²) in [4.78, 5) is 51.6. The number of hydrogen-bond acceptors (Lipinski definition) is 10. The first-order chi connectivity index (χ1) is 24.8. The summed E-state index contributed by atoms with van der Waals surface area (Å²) in [6.45, 7) is 18.1. The predicted molar refractivity (Wildman–Crippen MR) is 209 cm³/mol. The average Bonchev–Trinajstić information content (AvgIpc) is 3.60. The van der Waals surface area contributed by atoms with E-state index < -0.39 is 23.7 Å². The van der Waals surface area contributed by atoms with Crippen molar-refractivity contribution in [1.29, 1.82) is 0 Å². The van der Waals surface area contributed by atoms with Gasteiger partial charge in [0.05, 0.1) is 49.5 Å². The van der Waals surface area contributed by atoms with Crippen LogP contribution in [0.3, 0.4) is 0 Å². The van der Waals surface area contributed by atoms with Gasteiger partial charge in [-0.05, 0) is 57.6 Å². The second kappa shape index (κ2) is 28.2. The molecule has 7 N–H and O–H groups in total. The fourth-order valence-electron chi connectivity index (χ4n) is 5.74. The molecule has 0 spiro atoms. The number of aliphatic hydroxyl groups excluding tert-OH is 1. The molecule has 0 saturated carbocycles. The van der Waals surface area contributed by atoms with Gasteiger partial charge in [-0.2, -0.15) is 0 Å². The maximum Gasteiger partial charge on any atom is 0.242 e. The summed E-state index contributed by atoms with van der Waals surface area (Å²) in [5.74, 6) is -0.294. The van der Waals surface area contributed by atoms with Gasteiger partial charge >= 0.3 is 0 Å². The molecule has 0 aromatic heterocycles. The van der Waals surface area contributed by atoms with Gasteiger partial charge in [-0.3, -0.25) is 19.2 Å². The molecule has 6 unspecified atom stereocenters. The number of phenolic OH excluding ortho intramolecular Hbond substituents is 1. The van der Waals surface area contributed by atoms with Crippen molar-refractivity contribution in [2.24, 2.45) is 17.6 Å². The monoisotopic (exact) mass is 756 g/mol. The van der Waals surface area contributed by atoms with Crippen LogP contribution in [-0.2, 0) is 28.7 Å². The summed E-state index contributed by atoms with van der Waals surface area (Å²) in [5, 5.41) is 31.5. The average molecular weight is 756 g/mol. The molecule has 1 heterocycles. The Hall–Kier alpha value is -3.30. The van der Waals surface area contributed by atoms with Crippen LogP contribution in [0.5, 0.6) is 5.75 Å². The molecule has 1 aliphatic heterocycles. The van der Waals surface area contributed by atoms with E-state index in [1.807, 2.05) is 37.8 Å². The fourth-order valence-corrected chi connectivity index (χ4v) is 5.74. The number of nitrogens with zero attached hydrogens (tertiary/aromatic N) is 2. The predicted octanol–water partition coefficient (Wildman–Crippen LogP) is 2.98. The van der Waals surface area contributed by atoms with Crippen molar-refractivity contribution in [1.82, 2.24) is 20.4 Å². The smallest absolute Gasteiger partial charge is 0.242 e. The van der Waals surface area contributed by atoms with E-state index >= 15 is 0 Å². The van der Waals surface area contributed by atoms with Gasteiger partial charge in [0.1, 0.15) is 11.8 Å². The second-order valence-corrected chi connectivity index (χ2v) is 14.3. The van der Waals surface area contributed by atoms with E-state index in [0.717, 1.165) is 19.3 Å². The van der Waals surface area contributed by atoms with Crippen molar-refractivity contribution in [3.63, 3.8) is 0 Å². The number of aryl methyl sites for hydroxylation is 1. The summed E-state index contributed by atoms with van der Waals surface area (Å²) >= 11 is 0. The van der Waals surface area contributed by atoms with Crippen molar-refractivity contribution in [2.45, 2.75) is 130 Å². The highest BCUT2D eigenvalue weighted by Gasteiger charge is 2.40. The highest BCUT2D eigenvalue weighted by molar-refractivity contribution is 5.88. The lowest BCUT2D eigenvalue weighted by atomic mass is 9.90. The van der Waals surface area contributed by atoms with E-state index in [1.54, 1.807) is 38.3 Å². The number of carbonyl (C=O) groups is 4. The molecule has 1 saturated heterocycles. The van der Waals surface area contributed by atoms with Crippen LogP contribution in [0.25, 0.3) is 0 Å². The number of aliphatic hydroxyl groups is 2. The summed E-state index contributed by atoms with van der Waals surface area (Å²) in [6.07, 6.45) is 4.00. The fraction of sp³-hybridized carbons (Fsp3) is 0.744. The summed E-state index contributed by atoms with van der Waals surface area (Å²) in [5.41, 5.74) is 5.53. The third-order valence-electron chi connectivity index (χ3n) is 8.89. The van der Waals surface area contributed by atoms with E-state index in [2.05, 4.69) is 38.3 Å². The minimum Gasteiger partial charge on any atom is -0.508 e. The maximum absolute atomic E-state index is 13.5. The Morgan fingerprint density at radius 1 is 1.09 bits per heavy atom. The molecule has 0 aliphatic carbocycles. The Balaban J connectivity index is 0. The van der Waals surface area contributed by atoms with Gasteiger partial charge in [0.25, 0.3) is 0 Å². The standard InChI is InChI=1S/C26H50N4O6.C7H8O.C3H7NO2.C3H8/c1-10-17(4)22(29(7)21(32)15-28-25(33)24(27)26(5,6)34)19(35-8)14-20(31)30-13-11-12-18(30)23(36-9)16(2)3;1-6-2-4-7(8)5-3-6;5-2-1-4-3-6;1-3-2/h16-19,22-24,34H,10-15,27H2,1-9H3,(H,28,33);2-5,8H,1H3;3,5H,1-2H2,(H,4,6);3H2,1-2H3. The number of likely N-dealkylation sites (tertiary alicyclic amines) is 1. The van der Waals surface area contributed by atoms with Crippen LogP contribution in [0, 0.1) is 18.8 Å². The Morgan fingerprint density at radius 3 is 2.06 bits per heavy atom. The van der Waals surface area contributed by atoms with Gasteiger partial charge < -0.3 is 51.0 Å². The number of amides is 4. The topological polar surface area (TPSA) is 204 Å². The minimum absolute atomic E-state index is 0.00865. The van der Waals surface area contributed by atoms with Crippen molar-refractivity contribution in [2.75, 3.05) is 47.5 Å². The lowest BCUT2D eigenvalue weighted by Crippen LogP contribution is -2.56. The first-order valence-corrected chi connectivity index (χ1v) is 18.7. The van der Waals surface area contributed by atoms with Gasteiger partial charge in [-0.25, -0.2) is 0 Å². The summed E-state index contributed by atoms with van der Waals surface area (Å²) in [6, 6.07) is 5.58. The third-order valence-corrected chi connectivity index (χ3v) is 8.89. The molecular formula is C39H73N5O9. The first kappa shape index (κ1) is 51.8. The van der Waals surface area contributed by atoms with Gasteiger partial charge in [0.2, 0.25) is 24.1 Å². The summed E-state index contributed by atoms with van der Waals surface area (Å²) in [7, 11) is 4.91. The third kappa shape index (κ3) is 20.1. The Morgan fingerprint density at radius 2 is 1.66 bits per heavy atom. The Bertz CT molecular complexity index is 1130. The SMILES string of the molecule is CCC.CCC(C)C(C(CC(=O)N1CCCC1C(OC)C(C)C)OC)N(C)C(=O)CNC(=O)C(N)C(C)(C)O.Cc1ccc(O)cc1.O=CNCCO. The highest BCUT2D eigenvalue weighted by Crippen LogP contribution is 2.28. The number of nitrogens with two attached hydrogens (primary N) is 1. The molecule has 6 atom stereocenters. The number of rotatable bonds is 17. The molecule has 0 bridgehead atoms. The molecular weight excluding hydrogens is 682 g/mol. The largest absolute Gasteiger partial charge is 0.508 e. The lowest BCUT2D eigenvalue weighted by Gasteiger charge is -2.39. The number of carbonyl (C=O) groups excluding carboxylic acids is 4. The number of likely N-dealkylation sites (N-methyl/N-ethyl adjacent to an activating group) is 1. The van der Waals surface area contributed by atoms with Gasteiger partial charge in [0, 0.05) is 34.4 Å². The molecule has 53 heavy (non-hydrogen) atoms. The van der Waals surface area contributed by atoms with Gasteiger partial charge in [-0.1, -0.05) is 72.1 Å². The van der Waals surface area contributed by atoms with Gasteiger partial charge in [0.15, 0.2) is 0 Å². The number of aromatic hydroxyl groups is 1. The van der Waals surface area contributed by atoms with Crippen molar-refractivity contribution < 1.29 is 44.0 Å². The molecule has 14 heteroatoms. The number of nitrogens with one attached hydrogen (secondary N) is 2. The molecule has 14 nitrogen and oxygen atoms in total. The van der Waals surface area contributed by atoms with Crippen molar-refractivity contribution in [3.05, 3.63) is 29.8 Å². The molecule has 0 radical (unpaired) electrons. The van der Waals surface area contributed by atoms with Crippen LogP contribution < -0.4 is 16.4 Å². The maximum atomic E-state index is 13.5. The van der Waals surface area contributed by atoms with Crippen LogP contribution in [0.1, 0.15) is 93.1 Å². The van der Waals surface area contributed by atoms with Crippen molar-refractivity contribution in [3.8, 4) is 5.75 Å². The second-order valence-electron chi connectivity index (χ2n) is 14.3. The van der Waals surface area contributed by atoms with E-state index in [4.69, 9.17) is 25.4 Å². The number of benzene rings is 1. The molecule has 1 aromatic rings. The van der Waals surface area contributed by atoms with E-state index in [1.165, 1.54) is 25.8 Å². The number of ether oxygens (including phenoxy) is 2. The lowest BCUT2D eigenvalue weighted by molar-refractivity contribution is -0.144. The molecule has 2 rings (SSSR count). The quantitative estimate of drug-likeness (QED) is 0.101. The molecule has 1 aromatic carbocycles. The van der Waals surface area contributed by atoms with Crippen LogP contribution in [0.15, 0.2) is 24.3 Å². The van der Waals surface area contributed by atoms with Crippen molar-refractivity contribution >= 4 is 24.1 Å². The Labute approximate surface area is 319 Å². The van der Waals surface area contributed by atoms with Crippen LogP contribution in [0.2, 0.25) is 0 Å². The molecule has 1 fully saturated rings. The normalized spacial score (nSPS) is 16.5. The number of phenols is 1. The molecule has 1 aliphatic rings. The summed E-state index contributed by atoms with van der Waals surface area (Å²) < 4.78 is 11.5. The van der Waals surface area contributed by atoms with Crippen LogP contribution in [-0.4, -0.2) is 133 Å². The van der Waals surface area contributed by atoms with Crippen LogP contribution in [0.4, 0.5) is 0 Å². The number of methoxy groups -OCH3 is 2. The highest BCUT2D eigenvalue weighted by atomic mass is 16.5. The minimum atomic E-state index is -1.41. The zero-order valence-corrected chi connectivity index (χ0v) is 34.6. The van der Waals surface area contributed by atoms with E-state index in [0.29, 0.717) is 25.2 Å². The molecule has 308 valence electrons. The van der Waals surface area contributed by atoms with E-state index in [-0.39, 0.29) is 61.4 Å². The first-order valence-electron chi connectivity index (χ1n) is 18.7. The zero-order chi connectivity index (χ0) is 41.3. The zero-order valence-electron chi connectivity index (χ0n) is 34.6. The van der Waals surface area contributed by atoms with Crippen LogP contribution >= 0.6 is 0 Å². The Kier molecular flexibility index (Phi) is 27.6. The molecule has 4 amide bonds. The number of hydrogen-bond donors (Lipinski definition) is 6. The van der Waals surface area contributed by atoms with E-state index in [9.17, 15) is 24.3 Å². The van der Waals surface area contributed by atoms with Gasteiger partial charge in [-0.15, -0.1) is 0 Å².